The molecule has 1 amide bonds. The van der Waals surface area contributed by atoms with Gasteiger partial charge in [0.25, 0.3) is 5.91 Å². The average molecular weight is 235 g/mol. The second-order valence-electron chi connectivity index (χ2n) is 4.05. The molecule has 0 unspecified atom stereocenters. The number of rotatable bonds is 6. The molecule has 1 aromatic rings. The van der Waals surface area contributed by atoms with E-state index in [4.69, 9.17) is 5.73 Å². The summed E-state index contributed by atoms with van der Waals surface area (Å²) in [5, 5.41) is 2.89. The van der Waals surface area contributed by atoms with Crippen LogP contribution in [0.3, 0.4) is 0 Å². The van der Waals surface area contributed by atoms with Gasteiger partial charge in [0, 0.05) is 25.2 Å². The van der Waals surface area contributed by atoms with Gasteiger partial charge >= 0.3 is 0 Å². The van der Waals surface area contributed by atoms with Crippen molar-refractivity contribution in [2.24, 2.45) is 5.73 Å². The van der Waals surface area contributed by atoms with Crippen LogP contribution in [0.1, 0.15) is 22.8 Å². The van der Waals surface area contributed by atoms with Crippen molar-refractivity contribution < 1.29 is 4.79 Å². The first-order valence-corrected chi connectivity index (χ1v) is 5.93. The summed E-state index contributed by atoms with van der Waals surface area (Å²) < 4.78 is 0. The maximum Gasteiger partial charge on any atom is 0.251 e. The number of likely N-dealkylation sites (N-methyl/N-ethyl adjacent to an activating group) is 1. The molecule has 4 heteroatoms. The van der Waals surface area contributed by atoms with Crippen LogP contribution in [0.2, 0.25) is 0 Å². The second kappa shape index (κ2) is 7.04. The van der Waals surface area contributed by atoms with Gasteiger partial charge in [0.15, 0.2) is 0 Å². The summed E-state index contributed by atoms with van der Waals surface area (Å²) in [6.07, 6.45) is 0. The number of carbonyl (C=O) groups excluding carboxylic acids is 1. The summed E-state index contributed by atoms with van der Waals surface area (Å²) >= 11 is 0. The molecule has 0 atom stereocenters. The summed E-state index contributed by atoms with van der Waals surface area (Å²) in [5.41, 5.74) is 7.22. The summed E-state index contributed by atoms with van der Waals surface area (Å²) in [6, 6.07) is 7.38. The van der Waals surface area contributed by atoms with E-state index in [1.807, 2.05) is 19.2 Å². The summed E-state index contributed by atoms with van der Waals surface area (Å²) in [5.74, 6) is -0.0296. The molecular weight excluding hydrogens is 214 g/mol. The Kier molecular flexibility index (Phi) is 5.66. The van der Waals surface area contributed by atoms with Crippen LogP contribution in [0.4, 0.5) is 0 Å². The highest BCUT2D eigenvalue weighted by molar-refractivity contribution is 5.94. The molecule has 94 valence electrons. The van der Waals surface area contributed by atoms with E-state index in [0.29, 0.717) is 18.7 Å². The number of nitrogens with zero attached hydrogens (tertiary/aromatic N) is 1. The van der Waals surface area contributed by atoms with Crippen LogP contribution in [0, 0.1) is 0 Å². The Hall–Kier alpha value is -1.39. The predicted molar refractivity (Wildman–Crippen MR) is 69.8 cm³/mol. The maximum atomic E-state index is 11.8. The number of nitrogens with one attached hydrogen (secondary N) is 1. The van der Waals surface area contributed by atoms with Crippen molar-refractivity contribution in [3.05, 3.63) is 35.4 Å². The molecule has 0 heterocycles. The van der Waals surface area contributed by atoms with Gasteiger partial charge in [-0.1, -0.05) is 19.1 Å². The Morgan fingerprint density at radius 2 is 2.00 bits per heavy atom. The molecule has 0 saturated heterocycles. The van der Waals surface area contributed by atoms with Crippen LogP contribution >= 0.6 is 0 Å². The van der Waals surface area contributed by atoms with Crippen LogP contribution in [-0.2, 0) is 6.54 Å². The van der Waals surface area contributed by atoms with Crippen LogP contribution < -0.4 is 11.1 Å². The van der Waals surface area contributed by atoms with Crippen molar-refractivity contribution in [2.45, 2.75) is 13.5 Å². The largest absolute Gasteiger partial charge is 0.351 e. The SMILES string of the molecule is CCN(C)CCNC(=O)c1ccc(CN)cc1. The fourth-order valence-corrected chi connectivity index (χ4v) is 1.41. The molecule has 4 nitrogen and oxygen atoms in total. The normalized spacial score (nSPS) is 10.6. The van der Waals surface area contributed by atoms with Gasteiger partial charge in [-0.2, -0.15) is 0 Å². The zero-order chi connectivity index (χ0) is 12.7. The minimum absolute atomic E-state index is 0.0296. The summed E-state index contributed by atoms with van der Waals surface area (Å²) in [4.78, 5) is 13.9. The Morgan fingerprint density at radius 3 is 2.53 bits per heavy atom. The fourth-order valence-electron chi connectivity index (χ4n) is 1.41. The monoisotopic (exact) mass is 235 g/mol. The maximum absolute atomic E-state index is 11.8. The zero-order valence-electron chi connectivity index (χ0n) is 10.6. The molecule has 0 aliphatic heterocycles. The molecule has 0 saturated carbocycles. The highest BCUT2D eigenvalue weighted by Crippen LogP contribution is 2.03. The third-order valence-corrected chi connectivity index (χ3v) is 2.77. The van der Waals surface area contributed by atoms with Crippen LogP contribution in [0.5, 0.6) is 0 Å². The first-order valence-electron chi connectivity index (χ1n) is 5.93. The minimum atomic E-state index is -0.0296. The molecule has 0 fully saturated rings. The number of amides is 1. The van der Waals surface area contributed by atoms with Crippen molar-refractivity contribution in [2.75, 3.05) is 26.7 Å². The minimum Gasteiger partial charge on any atom is -0.351 e. The molecule has 17 heavy (non-hydrogen) atoms. The van der Waals surface area contributed by atoms with E-state index < -0.39 is 0 Å². The van der Waals surface area contributed by atoms with Crippen molar-refractivity contribution >= 4 is 5.91 Å². The van der Waals surface area contributed by atoms with Gasteiger partial charge in [-0.25, -0.2) is 0 Å². The van der Waals surface area contributed by atoms with Crippen molar-refractivity contribution in [3.8, 4) is 0 Å². The van der Waals surface area contributed by atoms with E-state index in [1.165, 1.54) is 0 Å². The van der Waals surface area contributed by atoms with Gasteiger partial charge in [-0.3, -0.25) is 4.79 Å². The molecule has 1 rings (SSSR count). The van der Waals surface area contributed by atoms with E-state index in [0.717, 1.165) is 18.7 Å². The molecule has 0 radical (unpaired) electrons. The van der Waals surface area contributed by atoms with E-state index in [2.05, 4.69) is 17.1 Å². The zero-order valence-corrected chi connectivity index (χ0v) is 10.6. The highest BCUT2D eigenvalue weighted by Gasteiger charge is 2.04. The molecule has 1 aromatic carbocycles. The van der Waals surface area contributed by atoms with Gasteiger partial charge in [-0.05, 0) is 31.3 Å². The topological polar surface area (TPSA) is 58.4 Å². The number of hydrogen-bond donors (Lipinski definition) is 2. The van der Waals surface area contributed by atoms with Gasteiger partial charge in [0.2, 0.25) is 0 Å². The van der Waals surface area contributed by atoms with E-state index >= 15 is 0 Å². The highest BCUT2D eigenvalue weighted by atomic mass is 16.1. The first-order chi connectivity index (χ1) is 8.17. The summed E-state index contributed by atoms with van der Waals surface area (Å²) in [7, 11) is 2.03. The number of nitrogens with two attached hydrogens (primary N) is 1. The van der Waals surface area contributed by atoms with Gasteiger partial charge in [-0.15, -0.1) is 0 Å². The third-order valence-electron chi connectivity index (χ3n) is 2.77. The number of benzene rings is 1. The van der Waals surface area contributed by atoms with E-state index in [9.17, 15) is 4.79 Å². The predicted octanol–water partition coefficient (Wildman–Crippen LogP) is 0.827. The number of hydrogen-bond acceptors (Lipinski definition) is 3. The molecule has 0 spiro atoms. The van der Waals surface area contributed by atoms with Crippen molar-refractivity contribution in [1.82, 2.24) is 10.2 Å². The summed E-state index contributed by atoms with van der Waals surface area (Å²) in [6.45, 7) is 5.11. The Morgan fingerprint density at radius 1 is 1.35 bits per heavy atom. The lowest BCUT2D eigenvalue weighted by molar-refractivity contribution is 0.0950. The average Bonchev–Trinajstić information content (AvgIpc) is 2.38. The lowest BCUT2D eigenvalue weighted by atomic mass is 10.1. The van der Waals surface area contributed by atoms with Crippen LogP contribution in [0.25, 0.3) is 0 Å². The molecular formula is C13H21N3O. The van der Waals surface area contributed by atoms with Crippen molar-refractivity contribution in [1.29, 1.82) is 0 Å². The van der Waals surface area contributed by atoms with Gasteiger partial charge in [0.05, 0.1) is 0 Å². The molecule has 0 aromatic heterocycles. The van der Waals surface area contributed by atoms with Crippen LogP contribution in [-0.4, -0.2) is 37.5 Å². The standard InChI is InChI=1S/C13H21N3O/c1-3-16(2)9-8-15-13(17)12-6-4-11(10-14)5-7-12/h4-7H,3,8-10,14H2,1-2H3,(H,15,17). The lowest BCUT2D eigenvalue weighted by Gasteiger charge is -2.14. The van der Waals surface area contributed by atoms with E-state index in [1.54, 1.807) is 12.1 Å². The van der Waals surface area contributed by atoms with E-state index in [-0.39, 0.29) is 5.91 Å². The van der Waals surface area contributed by atoms with Gasteiger partial charge < -0.3 is 16.0 Å². The second-order valence-corrected chi connectivity index (χ2v) is 4.05. The van der Waals surface area contributed by atoms with Crippen molar-refractivity contribution in [3.63, 3.8) is 0 Å². The molecule has 0 bridgehead atoms. The molecule has 0 aliphatic carbocycles. The Bertz CT molecular complexity index is 348. The smallest absolute Gasteiger partial charge is 0.251 e. The molecule has 3 N–H and O–H groups in total. The van der Waals surface area contributed by atoms with Gasteiger partial charge in [0.1, 0.15) is 0 Å². The quantitative estimate of drug-likeness (QED) is 0.767. The first kappa shape index (κ1) is 13.7. The van der Waals surface area contributed by atoms with Crippen LogP contribution in [0.15, 0.2) is 24.3 Å². The molecule has 0 aliphatic rings. The third kappa shape index (κ3) is 4.54. The Balaban J connectivity index is 2.41. The lowest BCUT2D eigenvalue weighted by Crippen LogP contribution is -2.32. The fraction of sp³-hybridized carbons (Fsp3) is 0.462. The Labute approximate surface area is 103 Å². The number of carbonyl (C=O) groups is 1.